The van der Waals surface area contributed by atoms with Crippen LogP contribution in [0, 0.1) is 6.92 Å². The number of nitrogens with zero attached hydrogens (tertiary/aromatic N) is 3. The van der Waals surface area contributed by atoms with Crippen molar-refractivity contribution in [1.82, 2.24) is 25.3 Å². The second kappa shape index (κ2) is 5.14. The molecule has 0 amide bonds. The van der Waals surface area contributed by atoms with Gasteiger partial charge in [0.2, 0.25) is 0 Å². The first-order chi connectivity index (χ1) is 10.1. The van der Waals surface area contributed by atoms with Crippen molar-refractivity contribution >= 4 is 10.8 Å². The maximum atomic E-state index is 11.9. The second-order valence-corrected chi connectivity index (χ2v) is 5.09. The van der Waals surface area contributed by atoms with Crippen molar-refractivity contribution in [3.63, 3.8) is 0 Å². The molecule has 1 aromatic carbocycles. The van der Waals surface area contributed by atoms with E-state index in [-0.39, 0.29) is 5.56 Å². The molecule has 6 heteroatoms. The first kappa shape index (κ1) is 13.5. The van der Waals surface area contributed by atoms with Gasteiger partial charge in [-0.2, -0.15) is 10.2 Å². The molecule has 0 aliphatic heterocycles. The normalized spacial score (nSPS) is 11.2. The van der Waals surface area contributed by atoms with E-state index in [0.29, 0.717) is 11.9 Å². The van der Waals surface area contributed by atoms with Crippen molar-refractivity contribution in [2.75, 3.05) is 7.05 Å². The number of H-pyrrole nitrogens is 1. The van der Waals surface area contributed by atoms with Crippen LogP contribution in [0.15, 0.2) is 29.2 Å². The van der Waals surface area contributed by atoms with Gasteiger partial charge in [-0.15, -0.1) is 0 Å². The number of aromatic nitrogens is 4. The van der Waals surface area contributed by atoms with Crippen LogP contribution in [0.2, 0.25) is 0 Å². The van der Waals surface area contributed by atoms with E-state index in [0.717, 1.165) is 27.9 Å². The van der Waals surface area contributed by atoms with E-state index >= 15 is 0 Å². The smallest absolute Gasteiger partial charge is 0.272 e. The van der Waals surface area contributed by atoms with Crippen LogP contribution in [-0.2, 0) is 13.6 Å². The lowest BCUT2D eigenvalue weighted by Gasteiger charge is -2.06. The average molecular weight is 283 g/mol. The maximum Gasteiger partial charge on any atom is 0.272 e. The summed E-state index contributed by atoms with van der Waals surface area (Å²) in [6.45, 7) is 2.58. The SMILES string of the molecule is CNCc1n[nH]c(=O)c2ccc(-c3cn(C)nc3C)cc12. The standard InChI is InChI=1S/C15H17N5O/c1-9-13(8-20(3)19-9)10-4-5-11-12(6-10)14(7-16-2)17-18-15(11)21/h4-6,8,16H,7H2,1-3H3,(H,18,21). The van der Waals surface area contributed by atoms with Crippen LogP contribution >= 0.6 is 0 Å². The highest BCUT2D eigenvalue weighted by Crippen LogP contribution is 2.26. The zero-order valence-electron chi connectivity index (χ0n) is 12.3. The van der Waals surface area contributed by atoms with Crippen LogP contribution in [0.4, 0.5) is 0 Å². The van der Waals surface area contributed by atoms with E-state index in [9.17, 15) is 4.79 Å². The Morgan fingerprint density at radius 3 is 2.81 bits per heavy atom. The molecule has 3 aromatic rings. The number of rotatable bonds is 3. The molecule has 2 N–H and O–H groups in total. The van der Waals surface area contributed by atoms with Gasteiger partial charge >= 0.3 is 0 Å². The van der Waals surface area contributed by atoms with Crippen molar-refractivity contribution in [1.29, 1.82) is 0 Å². The van der Waals surface area contributed by atoms with Crippen molar-refractivity contribution in [3.05, 3.63) is 46.1 Å². The maximum absolute atomic E-state index is 11.9. The predicted octanol–water partition coefficient (Wildman–Crippen LogP) is 1.35. The molecule has 0 aliphatic rings. The van der Waals surface area contributed by atoms with Crippen molar-refractivity contribution in [2.24, 2.45) is 7.05 Å². The van der Waals surface area contributed by atoms with E-state index in [1.807, 2.05) is 45.4 Å². The van der Waals surface area contributed by atoms with Crippen LogP contribution in [0.5, 0.6) is 0 Å². The molecule has 3 rings (SSSR count). The fourth-order valence-electron chi connectivity index (χ4n) is 2.57. The van der Waals surface area contributed by atoms with Gasteiger partial charge in [0.25, 0.3) is 5.56 Å². The lowest BCUT2D eigenvalue weighted by atomic mass is 10.0. The van der Waals surface area contributed by atoms with Crippen molar-refractivity contribution in [3.8, 4) is 11.1 Å². The van der Waals surface area contributed by atoms with Gasteiger partial charge in [-0.3, -0.25) is 9.48 Å². The second-order valence-electron chi connectivity index (χ2n) is 5.09. The Balaban J connectivity index is 2.25. The number of hydrogen-bond donors (Lipinski definition) is 2. The first-order valence-corrected chi connectivity index (χ1v) is 6.76. The average Bonchev–Trinajstić information content (AvgIpc) is 2.81. The first-order valence-electron chi connectivity index (χ1n) is 6.76. The summed E-state index contributed by atoms with van der Waals surface area (Å²) in [5.41, 5.74) is 3.73. The lowest BCUT2D eigenvalue weighted by Crippen LogP contribution is -2.15. The topological polar surface area (TPSA) is 75.6 Å². The molecule has 21 heavy (non-hydrogen) atoms. The van der Waals surface area contributed by atoms with E-state index in [4.69, 9.17) is 0 Å². The molecule has 0 saturated carbocycles. The third-order valence-corrected chi connectivity index (χ3v) is 3.54. The fraction of sp³-hybridized carbons (Fsp3) is 0.267. The van der Waals surface area contributed by atoms with Gasteiger partial charge in [-0.25, -0.2) is 5.10 Å². The summed E-state index contributed by atoms with van der Waals surface area (Å²) < 4.78 is 1.79. The highest BCUT2D eigenvalue weighted by molar-refractivity contribution is 5.88. The van der Waals surface area contributed by atoms with Gasteiger partial charge in [-0.1, -0.05) is 6.07 Å². The van der Waals surface area contributed by atoms with Crippen LogP contribution in [0.25, 0.3) is 21.9 Å². The van der Waals surface area contributed by atoms with Crippen LogP contribution in [0.3, 0.4) is 0 Å². The number of fused-ring (bicyclic) bond motifs is 1. The minimum absolute atomic E-state index is 0.167. The molecule has 0 unspecified atom stereocenters. The Morgan fingerprint density at radius 2 is 2.14 bits per heavy atom. The molecule has 2 aromatic heterocycles. The quantitative estimate of drug-likeness (QED) is 0.761. The van der Waals surface area contributed by atoms with Crippen LogP contribution in [-0.4, -0.2) is 27.0 Å². The number of aryl methyl sites for hydroxylation is 2. The molecule has 0 fully saturated rings. The van der Waals surface area contributed by atoms with E-state index in [1.165, 1.54) is 0 Å². The van der Waals surface area contributed by atoms with Gasteiger partial charge in [0.15, 0.2) is 0 Å². The minimum atomic E-state index is -0.167. The van der Waals surface area contributed by atoms with Crippen LogP contribution < -0.4 is 10.9 Å². The molecule has 0 aliphatic carbocycles. The van der Waals surface area contributed by atoms with Gasteiger partial charge in [0.05, 0.1) is 16.8 Å². The summed E-state index contributed by atoms with van der Waals surface area (Å²) in [5.74, 6) is 0. The van der Waals surface area contributed by atoms with Crippen LogP contribution in [0.1, 0.15) is 11.4 Å². The number of benzene rings is 1. The summed E-state index contributed by atoms with van der Waals surface area (Å²) in [6, 6.07) is 5.80. The zero-order chi connectivity index (χ0) is 15.0. The molecule has 2 heterocycles. The van der Waals surface area contributed by atoms with Crippen molar-refractivity contribution < 1.29 is 0 Å². The summed E-state index contributed by atoms with van der Waals surface area (Å²) in [4.78, 5) is 11.9. The van der Waals surface area contributed by atoms with Crippen molar-refractivity contribution in [2.45, 2.75) is 13.5 Å². The molecular formula is C15H17N5O. The van der Waals surface area contributed by atoms with E-state index < -0.39 is 0 Å². The van der Waals surface area contributed by atoms with Gasteiger partial charge < -0.3 is 5.32 Å². The zero-order valence-corrected chi connectivity index (χ0v) is 12.3. The third-order valence-electron chi connectivity index (χ3n) is 3.54. The molecular weight excluding hydrogens is 266 g/mol. The molecule has 0 spiro atoms. The van der Waals surface area contributed by atoms with E-state index in [1.54, 1.807) is 4.68 Å². The fourth-order valence-corrected chi connectivity index (χ4v) is 2.57. The molecule has 0 atom stereocenters. The number of hydrogen-bond acceptors (Lipinski definition) is 4. The highest BCUT2D eigenvalue weighted by atomic mass is 16.1. The largest absolute Gasteiger partial charge is 0.314 e. The summed E-state index contributed by atoms with van der Waals surface area (Å²) in [5, 5.41) is 15.6. The molecule has 0 saturated heterocycles. The number of nitrogens with one attached hydrogen (secondary N) is 2. The molecule has 108 valence electrons. The highest BCUT2D eigenvalue weighted by Gasteiger charge is 2.10. The third kappa shape index (κ3) is 2.34. The molecule has 6 nitrogen and oxygen atoms in total. The predicted molar refractivity (Wildman–Crippen MR) is 82.1 cm³/mol. The molecule has 0 radical (unpaired) electrons. The summed E-state index contributed by atoms with van der Waals surface area (Å²) in [6.07, 6.45) is 1.98. The Hall–Kier alpha value is -2.47. The lowest BCUT2D eigenvalue weighted by molar-refractivity contribution is 0.756. The Morgan fingerprint density at radius 1 is 1.33 bits per heavy atom. The summed E-state index contributed by atoms with van der Waals surface area (Å²) >= 11 is 0. The molecule has 0 bridgehead atoms. The monoisotopic (exact) mass is 283 g/mol. The Kier molecular flexibility index (Phi) is 3.31. The van der Waals surface area contributed by atoms with Gasteiger partial charge in [0.1, 0.15) is 0 Å². The van der Waals surface area contributed by atoms with E-state index in [2.05, 4.69) is 20.6 Å². The number of aromatic amines is 1. The summed E-state index contributed by atoms with van der Waals surface area (Å²) in [7, 11) is 3.75. The Labute approximate surface area is 121 Å². The van der Waals surface area contributed by atoms with Gasteiger partial charge in [0, 0.05) is 30.7 Å². The minimum Gasteiger partial charge on any atom is -0.314 e. The van der Waals surface area contributed by atoms with Gasteiger partial charge in [-0.05, 0) is 31.7 Å². The Bertz CT molecular complexity index is 862.